The number of nitrogens with zero attached hydrogens (tertiary/aromatic N) is 2. The van der Waals surface area contributed by atoms with Crippen LogP contribution in [-0.2, 0) is 0 Å². The smallest absolute Gasteiger partial charge is 0.0443 e. The van der Waals surface area contributed by atoms with Crippen molar-refractivity contribution in [2.24, 2.45) is 0 Å². The molecule has 0 unspecified atom stereocenters. The van der Waals surface area contributed by atoms with Crippen molar-refractivity contribution < 1.29 is 10.2 Å². The average Bonchev–Trinajstić information content (AvgIpc) is 2.31. The Balaban J connectivity index is 4.11. The highest BCUT2D eigenvalue weighted by molar-refractivity contribution is 4.70. The Labute approximate surface area is 113 Å². The molecule has 0 saturated heterocycles. The first-order valence-electron chi connectivity index (χ1n) is 7.22. The van der Waals surface area contributed by atoms with E-state index in [0.717, 1.165) is 39.0 Å². The first-order valence-corrected chi connectivity index (χ1v) is 7.22. The predicted molar refractivity (Wildman–Crippen MR) is 76.8 cm³/mol. The molecular weight excluding hydrogens is 228 g/mol. The van der Waals surface area contributed by atoms with Crippen molar-refractivity contribution in [3.63, 3.8) is 0 Å². The van der Waals surface area contributed by atoms with Gasteiger partial charge in [-0.3, -0.25) is 4.90 Å². The Morgan fingerprint density at radius 1 is 0.722 bits per heavy atom. The van der Waals surface area contributed by atoms with Gasteiger partial charge in [-0.25, -0.2) is 0 Å². The number of hydrogen-bond acceptors (Lipinski definition) is 4. The molecule has 0 aromatic heterocycles. The molecule has 0 amide bonds. The molecule has 0 saturated carbocycles. The summed E-state index contributed by atoms with van der Waals surface area (Å²) in [7, 11) is 0. The maximum absolute atomic E-state index is 8.91. The highest BCUT2D eigenvalue weighted by Crippen LogP contribution is 2.05. The van der Waals surface area contributed by atoms with E-state index in [1.54, 1.807) is 0 Å². The van der Waals surface area contributed by atoms with Crippen LogP contribution < -0.4 is 0 Å². The van der Waals surface area contributed by atoms with Gasteiger partial charge < -0.3 is 15.1 Å². The van der Waals surface area contributed by atoms with Gasteiger partial charge in [0.1, 0.15) is 0 Å². The van der Waals surface area contributed by atoms with Crippen LogP contribution >= 0.6 is 0 Å². The van der Waals surface area contributed by atoms with Crippen LogP contribution in [0.4, 0.5) is 0 Å². The second-order valence-corrected chi connectivity index (χ2v) is 5.42. The van der Waals surface area contributed by atoms with E-state index < -0.39 is 0 Å². The minimum absolute atomic E-state index is 0.244. The lowest BCUT2D eigenvalue weighted by Gasteiger charge is -2.33. The molecule has 110 valence electrons. The molecular formula is C14H32N2O2. The van der Waals surface area contributed by atoms with Gasteiger partial charge in [0, 0.05) is 51.5 Å². The van der Waals surface area contributed by atoms with Crippen LogP contribution in [0, 0.1) is 0 Å². The third-order valence-corrected chi connectivity index (χ3v) is 3.27. The van der Waals surface area contributed by atoms with Gasteiger partial charge in [0.15, 0.2) is 0 Å². The lowest BCUT2D eigenvalue weighted by atomic mass is 10.2. The molecule has 0 rings (SSSR count). The van der Waals surface area contributed by atoms with E-state index in [1.165, 1.54) is 0 Å². The van der Waals surface area contributed by atoms with Crippen molar-refractivity contribution in [2.45, 2.75) is 52.6 Å². The maximum atomic E-state index is 8.91. The summed E-state index contributed by atoms with van der Waals surface area (Å²) in [6, 6.07) is 1.12. The lowest BCUT2D eigenvalue weighted by molar-refractivity contribution is 0.133. The topological polar surface area (TPSA) is 46.9 Å². The van der Waals surface area contributed by atoms with Crippen LogP contribution in [0.25, 0.3) is 0 Å². The fraction of sp³-hybridized carbons (Fsp3) is 1.00. The number of aliphatic hydroxyl groups excluding tert-OH is 2. The number of rotatable bonds is 11. The molecule has 0 heterocycles. The zero-order chi connectivity index (χ0) is 14.0. The molecule has 0 aliphatic carbocycles. The zero-order valence-corrected chi connectivity index (χ0v) is 12.6. The fourth-order valence-corrected chi connectivity index (χ4v) is 2.29. The molecule has 0 radical (unpaired) electrons. The molecule has 0 fully saturated rings. The SMILES string of the molecule is CC(C)N(CCN(CCCO)CCCO)C(C)C. The summed E-state index contributed by atoms with van der Waals surface area (Å²) in [5.74, 6) is 0. The summed E-state index contributed by atoms with van der Waals surface area (Å²) in [5, 5.41) is 17.8. The molecule has 0 aromatic carbocycles. The van der Waals surface area contributed by atoms with E-state index in [2.05, 4.69) is 37.5 Å². The van der Waals surface area contributed by atoms with Crippen LogP contribution in [0.15, 0.2) is 0 Å². The zero-order valence-electron chi connectivity index (χ0n) is 12.6. The highest BCUT2D eigenvalue weighted by atomic mass is 16.3. The van der Waals surface area contributed by atoms with E-state index >= 15 is 0 Å². The van der Waals surface area contributed by atoms with E-state index in [4.69, 9.17) is 10.2 Å². The van der Waals surface area contributed by atoms with Crippen molar-refractivity contribution in [3.05, 3.63) is 0 Å². The Morgan fingerprint density at radius 2 is 1.17 bits per heavy atom. The van der Waals surface area contributed by atoms with Crippen molar-refractivity contribution >= 4 is 0 Å². The van der Waals surface area contributed by atoms with Crippen LogP contribution in [0.3, 0.4) is 0 Å². The molecule has 0 atom stereocenters. The van der Waals surface area contributed by atoms with E-state index in [1.807, 2.05) is 0 Å². The second kappa shape index (κ2) is 10.7. The van der Waals surface area contributed by atoms with E-state index in [9.17, 15) is 0 Å². The fourth-order valence-electron chi connectivity index (χ4n) is 2.29. The Morgan fingerprint density at radius 3 is 1.50 bits per heavy atom. The van der Waals surface area contributed by atoms with Crippen LogP contribution in [0.5, 0.6) is 0 Å². The van der Waals surface area contributed by atoms with Gasteiger partial charge in [-0.05, 0) is 40.5 Å². The Kier molecular flexibility index (Phi) is 10.6. The van der Waals surface area contributed by atoms with Gasteiger partial charge >= 0.3 is 0 Å². The Hall–Kier alpha value is -0.160. The molecule has 0 aromatic rings. The van der Waals surface area contributed by atoms with Gasteiger partial charge in [0.2, 0.25) is 0 Å². The summed E-state index contributed by atoms with van der Waals surface area (Å²) in [6.45, 7) is 13.3. The molecule has 4 nitrogen and oxygen atoms in total. The first kappa shape index (κ1) is 17.8. The third-order valence-electron chi connectivity index (χ3n) is 3.27. The largest absolute Gasteiger partial charge is 0.396 e. The molecule has 0 bridgehead atoms. The second-order valence-electron chi connectivity index (χ2n) is 5.42. The summed E-state index contributed by atoms with van der Waals surface area (Å²) >= 11 is 0. The summed E-state index contributed by atoms with van der Waals surface area (Å²) < 4.78 is 0. The third kappa shape index (κ3) is 8.03. The number of hydrogen-bond donors (Lipinski definition) is 2. The molecule has 0 aliphatic rings. The summed E-state index contributed by atoms with van der Waals surface area (Å²) in [6.07, 6.45) is 1.63. The van der Waals surface area contributed by atoms with Crippen LogP contribution in [0.2, 0.25) is 0 Å². The minimum atomic E-state index is 0.244. The van der Waals surface area contributed by atoms with Gasteiger partial charge in [0.05, 0.1) is 0 Å². The van der Waals surface area contributed by atoms with Crippen molar-refractivity contribution in [3.8, 4) is 0 Å². The van der Waals surface area contributed by atoms with E-state index in [0.29, 0.717) is 12.1 Å². The first-order chi connectivity index (χ1) is 8.52. The van der Waals surface area contributed by atoms with E-state index in [-0.39, 0.29) is 13.2 Å². The van der Waals surface area contributed by atoms with Gasteiger partial charge in [-0.15, -0.1) is 0 Å². The summed E-state index contributed by atoms with van der Waals surface area (Å²) in [5.41, 5.74) is 0. The van der Waals surface area contributed by atoms with Crippen LogP contribution in [-0.4, -0.2) is 71.5 Å². The quantitative estimate of drug-likeness (QED) is 0.585. The molecule has 0 aliphatic heterocycles. The summed E-state index contributed by atoms with van der Waals surface area (Å²) in [4.78, 5) is 4.81. The van der Waals surface area contributed by atoms with Crippen LogP contribution in [0.1, 0.15) is 40.5 Å². The standard InChI is InChI=1S/C14H32N2O2/c1-13(2)16(14(3)4)10-9-15(7-5-11-17)8-6-12-18/h13-14,17-18H,5-12H2,1-4H3. The van der Waals surface area contributed by atoms with Gasteiger partial charge in [0.25, 0.3) is 0 Å². The predicted octanol–water partition coefficient (Wildman–Crippen LogP) is 1.17. The number of aliphatic hydroxyl groups is 2. The van der Waals surface area contributed by atoms with Gasteiger partial charge in [-0.1, -0.05) is 0 Å². The minimum Gasteiger partial charge on any atom is -0.396 e. The maximum Gasteiger partial charge on any atom is 0.0443 e. The lowest BCUT2D eigenvalue weighted by Crippen LogP contribution is -2.43. The normalized spacial score (nSPS) is 12.3. The Bertz CT molecular complexity index is 171. The molecule has 2 N–H and O–H groups in total. The van der Waals surface area contributed by atoms with Gasteiger partial charge in [-0.2, -0.15) is 0 Å². The van der Waals surface area contributed by atoms with Crippen molar-refractivity contribution in [1.82, 2.24) is 9.80 Å². The monoisotopic (exact) mass is 260 g/mol. The van der Waals surface area contributed by atoms with Crippen molar-refractivity contribution in [1.29, 1.82) is 0 Å². The average molecular weight is 260 g/mol. The molecule has 0 spiro atoms. The molecule has 18 heavy (non-hydrogen) atoms. The molecule has 4 heteroatoms. The highest BCUT2D eigenvalue weighted by Gasteiger charge is 2.14. The van der Waals surface area contributed by atoms with Crippen molar-refractivity contribution in [2.75, 3.05) is 39.4 Å².